The van der Waals surface area contributed by atoms with E-state index in [-0.39, 0.29) is 0 Å². The molecule has 0 bridgehead atoms. The van der Waals surface area contributed by atoms with Crippen LogP contribution in [-0.4, -0.2) is 54.1 Å². The highest BCUT2D eigenvalue weighted by Gasteiger charge is 2.28. The van der Waals surface area contributed by atoms with Gasteiger partial charge >= 0.3 is 0 Å². The average molecular weight is 333 g/mol. The van der Waals surface area contributed by atoms with Gasteiger partial charge in [0.05, 0.1) is 26.0 Å². The van der Waals surface area contributed by atoms with Crippen molar-refractivity contribution in [2.24, 2.45) is 5.92 Å². The molecule has 130 valence electrons. The standard InChI is InChI=1S/C17H23N3O4/c1-2-15(23-6-1)17-18-16(24-19-17)11-20-5-9-22-12-14(20)10-13-3-7-21-8-4-13/h1-2,6,13-14H,3-5,7-12H2. The Morgan fingerprint density at radius 2 is 2.08 bits per heavy atom. The predicted molar refractivity (Wildman–Crippen MR) is 85.2 cm³/mol. The summed E-state index contributed by atoms with van der Waals surface area (Å²) >= 11 is 0. The van der Waals surface area contributed by atoms with E-state index in [1.165, 1.54) is 0 Å². The summed E-state index contributed by atoms with van der Waals surface area (Å²) in [5, 5.41) is 4.01. The van der Waals surface area contributed by atoms with Crippen LogP contribution in [0.2, 0.25) is 0 Å². The summed E-state index contributed by atoms with van der Waals surface area (Å²) in [4.78, 5) is 6.86. The summed E-state index contributed by atoms with van der Waals surface area (Å²) in [6.45, 7) is 4.85. The molecule has 4 heterocycles. The van der Waals surface area contributed by atoms with Crippen LogP contribution in [0.4, 0.5) is 0 Å². The van der Waals surface area contributed by atoms with Gasteiger partial charge in [-0.2, -0.15) is 4.98 Å². The third-order valence-electron chi connectivity index (χ3n) is 4.84. The van der Waals surface area contributed by atoms with Crippen molar-refractivity contribution < 1.29 is 18.4 Å². The van der Waals surface area contributed by atoms with E-state index in [1.54, 1.807) is 6.26 Å². The van der Waals surface area contributed by atoms with Gasteiger partial charge in [-0.05, 0) is 37.3 Å². The van der Waals surface area contributed by atoms with E-state index < -0.39 is 0 Å². The van der Waals surface area contributed by atoms with Gasteiger partial charge in [-0.25, -0.2) is 0 Å². The van der Waals surface area contributed by atoms with E-state index in [4.69, 9.17) is 18.4 Å². The van der Waals surface area contributed by atoms with Crippen molar-refractivity contribution in [3.05, 3.63) is 24.3 Å². The van der Waals surface area contributed by atoms with Gasteiger partial charge in [0.15, 0.2) is 5.76 Å². The van der Waals surface area contributed by atoms with Gasteiger partial charge < -0.3 is 18.4 Å². The van der Waals surface area contributed by atoms with E-state index in [1.807, 2.05) is 12.1 Å². The Kier molecular flexibility index (Phi) is 4.91. The Balaban J connectivity index is 1.39. The van der Waals surface area contributed by atoms with Gasteiger partial charge in [0.2, 0.25) is 11.7 Å². The maximum atomic E-state index is 5.70. The molecule has 0 amide bonds. The zero-order valence-corrected chi connectivity index (χ0v) is 13.7. The van der Waals surface area contributed by atoms with Gasteiger partial charge in [-0.1, -0.05) is 5.16 Å². The van der Waals surface area contributed by atoms with Crippen LogP contribution in [0.25, 0.3) is 11.6 Å². The molecule has 2 fully saturated rings. The summed E-state index contributed by atoms with van der Waals surface area (Å²) < 4.78 is 21.9. The lowest BCUT2D eigenvalue weighted by Gasteiger charge is -2.37. The minimum absolute atomic E-state index is 0.404. The van der Waals surface area contributed by atoms with Gasteiger partial charge in [0.1, 0.15) is 0 Å². The van der Waals surface area contributed by atoms with Crippen molar-refractivity contribution in [2.45, 2.75) is 31.8 Å². The molecule has 2 saturated heterocycles. The first-order chi connectivity index (χ1) is 11.9. The van der Waals surface area contributed by atoms with Crippen LogP contribution >= 0.6 is 0 Å². The van der Waals surface area contributed by atoms with Crippen molar-refractivity contribution in [3.63, 3.8) is 0 Å². The van der Waals surface area contributed by atoms with E-state index in [0.29, 0.717) is 36.0 Å². The molecule has 0 saturated carbocycles. The second kappa shape index (κ2) is 7.46. The summed E-state index contributed by atoms with van der Waals surface area (Å²) in [5.41, 5.74) is 0. The second-order valence-electron chi connectivity index (χ2n) is 6.48. The Labute approximate surface area is 140 Å². The van der Waals surface area contributed by atoms with Crippen LogP contribution in [0, 0.1) is 5.92 Å². The van der Waals surface area contributed by atoms with Crippen LogP contribution in [0.15, 0.2) is 27.3 Å². The van der Waals surface area contributed by atoms with Crippen LogP contribution < -0.4 is 0 Å². The van der Waals surface area contributed by atoms with Crippen LogP contribution in [0.1, 0.15) is 25.2 Å². The highest BCUT2D eigenvalue weighted by Crippen LogP contribution is 2.25. The van der Waals surface area contributed by atoms with Crippen LogP contribution in [0.3, 0.4) is 0 Å². The summed E-state index contributed by atoms with van der Waals surface area (Å²) in [7, 11) is 0. The number of nitrogens with zero attached hydrogens (tertiary/aromatic N) is 3. The summed E-state index contributed by atoms with van der Waals surface area (Å²) in [6, 6.07) is 4.05. The molecule has 7 heteroatoms. The molecule has 1 atom stereocenters. The van der Waals surface area contributed by atoms with Gasteiger partial charge in [0, 0.05) is 25.8 Å². The molecule has 0 N–H and O–H groups in total. The number of furan rings is 1. The SMILES string of the molecule is c1coc(-c2noc(CN3CCOCC3CC3CCOCC3)n2)c1. The molecule has 1 unspecified atom stereocenters. The number of ether oxygens (including phenoxy) is 2. The minimum atomic E-state index is 0.404. The highest BCUT2D eigenvalue weighted by atomic mass is 16.5. The lowest BCUT2D eigenvalue weighted by molar-refractivity contribution is -0.0324. The number of aromatic nitrogens is 2. The minimum Gasteiger partial charge on any atom is -0.461 e. The molecular weight excluding hydrogens is 310 g/mol. The third kappa shape index (κ3) is 3.68. The quantitative estimate of drug-likeness (QED) is 0.831. The summed E-state index contributed by atoms with van der Waals surface area (Å²) in [5.74, 6) is 2.48. The van der Waals surface area contributed by atoms with E-state index in [0.717, 1.165) is 52.2 Å². The molecule has 2 aliphatic rings. The Morgan fingerprint density at radius 3 is 2.92 bits per heavy atom. The molecule has 0 spiro atoms. The Hall–Kier alpha value is -1.70. The molecule has 24 heavy (non-hydrogen) atoms. The normalized spacial score (nSPS) is 23.6. The number of rotatable bonds is 5. The van der Waals surface area contributed by atoms with Crippen LogP contribution in [0.5, 0.6) is 0 Å². The van der Waals surface area contributed by atoms with Crippen molar-refractivity contribution in [3.8, 4) is 11.6 Å². The van der Waals surface area contributed by atoms with Gasteiger partial charge in [0.25, 0.3) is 0 Å². The fourth-order valence-electron chi connectivity index (χ4n) is 3.48. The smallest absolute Gasteiger partial charge is 0.241 e. The fourth-order valence-corrected chi connectivity index (χ4v) is 3.48. The monoisotopic (exact) mass is 333 g/mol. The maximum absolute atomic E-state index is 5.70. The summed E-state index contributed by atoms with van der Waals surface area (Å²) in [6.07, 6.45) is 5.04. The molecule has 2 aromatic rings. The van der Waals surface area contributed by atoms with E-state index in [2.05, 4.69) is 15.0 Å². The molecule has 0 aliphatic carbocycles. The molecule has 7 nitrogen and oxygen atoms in total. The van der Waals surface area contributed by atoms with E-state index in [9.17, 15) is 0 Å². The molecule has 0 aromatic carbocycles. The molecular formula is C17H23N3O4. The number of hydrogen-bond donors (Lipinski definition) is 0. The fraction of sp³-hybridized carbons (Fsp3) is 0.647. The van der Waals surface area contributed by atoms with E-state index >= 15 is 0 Å². The van der Waals surface area contributed by atoms with Gasteiger partial charge in [-0.15, -0.1) is 0 Å². The Bertz CT molecular complexity index is 622. The second-order valence-corrected chi connectivity index (χ2v) is 6.48. The average Bonchev–Trinajstić information content (AvgIpc) is 3.29. The number of morpholine rings is 1. The van der Waals surface area contributed by atoms with Crippen molar-refractivity contribution in [1.82, 2.24) is 15.0 Å². The molecule has 4 rings (SSSR count). The van der Waals surface area contributed by atoms with Crippen molar-refractivity contribution in [1.29, 1.82) is 0 Å². The highest BCUT2D eigenvalue weighted by molar-refractivity contribution is 5.44. The molecule has 2 aliphatic heterocycles. The largest absolute Gasteiger partial charge is 0.461 e. The Morgan fingerprint density at radius 1 is 1.17 bits per heavy atom. The first-order valence-electron chi connectivity index (χ1n) is 8.64. The predicted octanol–water partition coefficient (Wildman–Crippen LogP) is 2.35. The third-order valence-corrected chi connectivity index (χ3v) is 4.84. The molecule has 0 radical (unpaired) electrons. The topological polar surface area (TPSA) is 73.8 Å². The zero-order chi connectivity index (χ0) is 16.2. The first-order valence-corrected chi connectivity index (χ1v) is 8.64. The van der Waals surface area contributed by atoms with Crippen molar-refractivity contribution >= 4 is 0 Å². The zero-order valence-electron chi connectivity index (χ0n) is 13.7. The first kappa shape index (κ1) is 15.8. The maximum Gasteiger partial charge on any atom is 0.241 e. The lowest BCUT2D eigenvalue weighted by atomic mass is 9.91. The molecule has 2 aromatic heterocycles. The lowest BCUT2D eigenvalue weighted by Crippen LogP contribution is -2.46. The van der Waals surface area contributed by atoms with Gasteiger partial charge in [-0.3, -0.25) is 4.90 Å². The van der Waals surface area contributed by atoms with Crippen LogP contribution in [-0.2, 0) is 16.0 Å². The van der Waals surface area contributed by atoms with Crippen molar-refractivity contribution in [2.75, 3.05) is 33.0 Å². The number of hydrogen-bond acceptors (Lipinski definition) is 7.